The van der Waals surface area contributed by atoms with Crippen LogP contribution in [0.2, 0.25) is 0 Å². The molecule has 0 radical (unpaired) electrons. The van der Waals surface area contributed by atoms with Crippen molar-refractivity contribution in [3.63, 3.8) is 0 Å². The number of hydrogen-bond donors (Lipinski definition) is 1. The Balaban J connectivity index is 2.55. The summed E-state index contributed by atoms with van der Waals surface area (Å²) >= 11 is 3.49. The zero-order chi connectivity index (χ0) is 10.8. The lowest BCUT2D eigenvalue weighted by Crippen LogP contribution is -2.57. The van der Waals surface area contributed by atoms with Gasteiger partial charge in [0.25, 0.3) is 0 Å². The molecular weight excluding hydrogens is 242 g/mol. The van der Waals surface area contributed by atoms with Crippen molar-refractivity contribution >= 4 is 21.8 Å². The highest BCUT2D eigenvalue weighted by atomic mass is 79.9. The molecule has 0 heterocycles. The standard InChI is InChI=1S/C11H20BrNO/c1-4-10(2,3)9(14)13-11(8-12)6-5-7-11/h4-8H2,1-3H3,(H,13,14). The van der Waals surface area contributed by atoms with E-state index in [1.165, 1.54) is 6.42 Å². The first-order valence-corrected chi connectivity index (χ1v) is 6.46. The van der Waals surface area contributed by atoms with Crippen LogP contribution in [0.25, 0.3) is 0 Å². The molecule has 0 spiro atoms. The average molecular weight is 262 g/mol. The summed E-state index contributed by atoms with van der Waals surface area (Å²) in [6, 6.07) is 0. The van der Waals surface area contributed by atoms with Crippen molar-refractivity contribution in [1.29, 1.82) is 0 Å². The minimum Gasteiger partial charge on any atom is -0.349 e. The second-order valence-electron chi connectivity index (χ2n) is 4.96. The van der Waals surface area contributed by atoms with Crippen molar-refractivity contribution in [1.82, 2.24) is 5.32 Å². The fourth-order valence-corrected chi connectivity index (χ4v) is 2.17. The summed E-state index contributed by atoms with van der Waals surface area (Å²) in [4.78, 5) is 11.9. The van der Waals surface area contributed by atoms with Crippen LogP contribution in [0.4, 0.5) is 0 Å². The van der Waals surface area contributed by atoms with E-state index < -0.39 is 0 Å². The second kappa shape index (κ2) is 4.21. The molecule has 0 aromatic heterocycles. The maximum absolute atomic E-state index is 11.9. The molecule has 1 fully saturated rings. The molecule has 0 aliphatic heterocycles. The van der Waals surface area contributed by atoms with Crippen molar-refractivity contribution in [2.24, 2.45) is 5.41 Å². The van der Waals surface area contributed by atoms with Crippen LogP contribution in [0.1, 0.15) is 46.5 Å². The van der Waals surface area contributed by atoms with Gasteiger partial charge in [0.05, 0.1) is 0 Å². The third-order valence-corrected chi connectivity index (χ3v) is 4.52. The van der Waals surface area contributed by atoms with E-state index in [0.717, 1.165) is 24.6 Å². The topological polar surface area (TPSA) is 29.1 Å². The van der Waals surface area contributed by atoms with Gasteiger partial charge in [-0.1, -0.05) is 36.7 Å². The molecule has 0 unspecified atom stereocenters. The molecule has 0 aromatic carbocycles. The Hall–Kier alpha value is -0.0500. The van der Waals surface area contributed by atoms with Gasteiger partial charge in [-0.05, 0) is 25.7 Å². The maximum Gasteiger partial charge on any atom is 0.226 e. The monoisotopic (exact) mass is 261 g/mol. The van der Waals surface area contributed by atoms with Gasteiger partial charge in [-0.2, -0.15) is 0 Å². The predicted molar refractivity (Wildman–Crippen MR) is 62.6 cm³/mol. The fraction of sp³-hybridized carbons (Fsp3) is 0.909. The lowest BCUT2D eigenvalue weighted by Gasteiger charge is -2.43. The Labute approximate surface area is 95.0 Å². The summed E-state index contributed by atoms with van der Waals surface area (Å²) in [6.45, 7) is 6.06. The molecule has 0 bridgehead atoms. The van der Waals surface area contributed by atoms with E-state index in [9.17, 15) is 4.79 Å². The zero-order valence-electron chi connectivity index (χ0n) is 9.32. The summed E-state index contributed by atoms with van der Waals surface area (Å²) in [5, 5.41) is 4.07. The minimum atomic E-state index is -0.231. The Morgan fingerprint density at radius 1 is 1.50 bits per heavy atom. The highest BCUT2D eigenvalue weighted by Gasteiger charge is 2.40. The third-order valence-electron chi connectivity index (χ3n) is 3.44. The predicted octanol–water partition coefficient (Wildman–Crippen LogP) is 2.86. The largest absolute Gasteiger partial charge is 0.349 e. The summed E-state index contributed by atoms with van der Waals surface area (Å²) in [5.41, 5.74) is -0.172. The van der Waals surface area contributed by atoms with Crippen LogP contribution in [-0.4, -0.2) is 16.8 Å². The van der Waals surface area contributed by atoms with Crippen LogP contribution in [0.3, 0.4) is 0 Å². The first-order chi connectivity index (χ1) is 6.46. The van der Waals surface area contributed by atoms with Gasteiger partial charge in [0.15, 0.2) is 0 Å². The van der Waals surface area contributed by atoms with Gasteiger partial charge in [-0.3, -0.25) is 4.79 Å². The van der Waals surface area contributed by atoms with Crippen LogP contribution in [-0.2, 0) is 4.79 Å². The van der Waals surface area contributed by atoms with Gasteiger partial charge in [0.2, 0.25) is 5.91 Å². The first-order valence-electron chi connectivity index (χ1n) is 5.34. The number of alkyl halides is 1. The highest BCUT2D eigenvalue weighted by Crippen LogP contribution is 2.34. The van der Waals surface area contributed by atoms with Crippen molar-refractivity contribution in [2.45, 2.75) is 52.0 Å². The van der Waals surface area contributed by atoms with Crippen LogP contribution in [0.15, 0.2) is 0 Å². The lowest BCUT2D eigenvalue weighted by atomic mass is 9.77. The molecule has 0 atom stereocenters. The smallest absolute Gasteiger partial charge is 0.226 e. The normalized spacial score (nSPS) is 20.0. The number of carbonyl (C=O) groups is 1. The number of nitrogens with one attached hydrogen (secondary N) is 1. The highest BCUT2D eigenvalue weighted by molar-refractivity contribution is 9.09. The van der Waals surface area contributed by atoms with Crippen molar-refractivity contribution in [3.05, 3.63) is 0 Å². The van der Waals surface area contributed by atoms with Crippen LogP contribution in [0, 0.1) is 5.41 Å². The maximum atomic E-state index is 11.9. The molecule has 1 saturated carbocycles. The Bertz CT molecular complexity index is 216. The summed E-state index contributed by atoms with van der Waals surface area (Å²) in [5.74, 6) is 0.194. The van der Waals surface area contributed by atoms with E-state index in [1.807, 2.05) is 13.8 Å². The third kappa shape index (κ3) is 2.30. The molecule has 14 heavy (non-hydrogen) atoms. The minimum absolute atomic E-state index is 0.0591. The number of carbonyl (C=O) groups excluding carboxylic acids is 1. The van der Waals surface area contributed by atoms with Crippen LogP contribution in [0.5, 0.6) is 0 Å². The summed E-state index contributed by atoms with van der Waals surface area (Å²) in [6.07, 6.45) is 4.35. The quantitative estimate of drug-likeness (QED) is 0.775. The molecule has 82 valence electrons. The van der Waals surface area contributed by atoms with Gasteiger partial charge in [0.1, 0.15) is 0 Å². The molecule has 1 rings (SSSR count). The molecule has 1 aliphatic rings. The average Bonchev–Trinajstić information content (AvgIpc) is 2.10. The fourth-order valence-electron chi connectivity index (χ4n) is 1.47. The zero-order valence-corrected chi connectivity index (χ0v) is 10.9. The Kier molecular flexibility index (Phi) is 3.62. The molecule has 1 aliphatic carbocycles. The van der Waals surface area contributed by atoms with Crippen LogP contribution >= 0.6 is 15.9 Å². The van der Waals surface area contributed by atoms with Gasteiger partial charge in [0, 0.05) is 16.3 Å². The summed E-state index contributed by atoms with van der Waals surface area (Å²) < 4.78 is 0. The molecule has 0 aromatic rings. The molecule has 1 N–H and O–H groups in total. The summed E-state index contributed by atoms with van der Waals surface area (Å²) in [7, 11) is 0. The first kappa shape index (κ1) is 12.0. The van der Waals surface area contributed by atoms with Crippen molar-refractivity contribution in [3.8, 4) is 0 Å². The van der Waals surface area contributed by atoms with Gasteiger partial charge < -0.3 is 5.32 Å². The van der Waals surface area contributed by atoms with E-state index in [1.54, 1.807) is 0 Å². The SMILES string of the molecule is CCC(C)(C)C(=O)NC1(CBr)CCC1. The van der Waals surface area contributed by atoms with E-state index in [0.29, 0.717) is 0 Å². The van der Waals surface area contributed by atoms with E-state index in [2.05, 4.69) is 28.2 Å². The number of amides is 1. The van der Waals surface area contributed by atoms with E-state index in [-0.39, 0.29) is 16.9 Å². The number of halogens is 1. The second-order valence-corrected chi connectivity index (χ2v) is 5.52. The molecule has 0 saturated heterocycles. The van der Waals surface area contributed by atoms with Crippen molar-refractivity contribution < 1.29 is 4.79 Å². The van der Waals surface area contributed by atoms with E-state index in [4.69, 9.17) is 0 Å². The van der Waals surface area contributed by atoms with Gasteiger partial charge in [-0.15, -0.1) is 0 Å². The molecule has 2 nitrogen and oxygen atoms in total. The van der Waals surface area contributed by atoms with Gasteiger partial charge >= 0.3 is 0 Å². The molecular formula is C11H20BrNO. The Morgan fingerprint density at radius 3 is 2.36 bits per heavy atom. The van der Waals surface area contributed by atoms with Crippen molar-refractivity contribution in [2.75, 3.05) is 5.33 Å². The van der Waals surface area contributed by atoms with Gasteiger partial charge in [-0.25, -0.2) is 0 Å². The Morgan fingerprint density at radius 2 is 2.07 bits per heavy atom. The number of hydrogen-bond acceptors (Lipinski definition) is 1. The van der Waals surface area contributed by atoms with Crippen LogP contribution < -0.4 is 5.32 Å². The molecule has 3 heteroatoms. The molecule has 1 amide bonds. The number of rotatable bonds is 4. The lowest BCUT2D eigenvalue weighted by molar-refractivity contribution is -0.132. The van der Waals surface area contributed by atoms with E-state index >= 15 is 0 Å².